The van der Waals surface area contributed by atoms with Crippen molar-refractivity contribution < 1.29 is 7.65 Å². The van der Waals surface area contributed by atoms with Crippen molar-refractivity contribution in [2.24, 2.45) is 0 Å². The summed E-state index contributed by atoms with van der Waals surface area (Å²) in [6, 6.07) is 19.9. The Hall–Kier alpha value is -2.57. The highest BCUT2D eigenvalue weighted by Gasteiger charge is 2.32. The molecule has 2 saturated heterocycles. The first-order valence-corrected chi connectivity index (χ1v) is 11.8. The standard InChI is InChI=1S/C26H37N5O.2H2/c1-20-17-31(21(2)16-30(20)18-22-8-6-5-7-9-22)26(32)27-23-10-12-24(13-11-23)29-15-14-25(19-29)28(3)4;;/h5-13,20-21,25H,14-19H2,1-4H3,(H,27,32);2*1H. The van der Waals surface area contributed by atoms with Crippen LogP contribution in [0.2, 0.25) is 0 Å². The summed E-state index contributed by atoms with van der Waals surface area (Å²) in [6.45, 7) is 9.02. The predicted molar refractivity (Wildman–Crippen MR) is 136 cm³/mol. The first kappa shape index (κ1) is 22.6. The van der Waals surface area contributed by atoms with E-state index in [-0.39, 0.29) is 14.9 Å². The molecule has 4 rings (SSSR count). The Morgan fingerprint density at radius 2 is 1.72 bits per heavy atom. The largest absolute Gasteiger partial charge is 0.370 e. The number of nitrogens with zero attached hydrogens (tertiary/aromatic N) is 4. The quantitative estimate of drug-likeness (QED) is 0.748. The van der Waals surface area contributed by atoms with Crippen LogP contribution in [0.3, 0.4) is 0 Å². The molecule has 2 amide bonds. The van der Waals surface area contributed by atoms with Gasteiger partial charge in [0.2, 0.25) is 0 Å². The van der Waals surface area contributed by atoms with Crippen molar-refractivity contribution in [1.82, 2.24) is 14.7 Å². The zero-order valence-electron chi connectivity index (χ0n) is 19.9. The summed E-state index contributed by atoms with van der Waals surface area (Å²) in [5.74, 6) is 0. The molecule has 2 aliphatic heterocycles. The van der Waals surface area contributed by atoms with E-state index in [1.807, 2.05) is 17.0 Å². The van der Waals surface area contributed by atoms with Gasteiger partial charge in [-0.05, 0) is 64.2 Å². The second-order valence-corrected chi connectivity index (χ2v) is 9.59. The van der Waals surface area contributed by atoms with E-state index < -0.39 is 0 Å². The maximum atomic E-state index is 13.0. The average Bonchev–Trinajstić information content (AvgIpc) is 3.28. The molecule has 6 heteroatoms. The summed E-state index contributed by atoms with van der Waals surface area (Å²) in [7, 11) is 4.30. The molecule has 6 nitrogen and oxygen atoms in total. The van der Waals surface area contributed by atoms with Gasteiger partial charge >= 0.3 is 6.03 Å². The molecule has 3 atom stereocenters. The normalized spacial score (nSPS) is 24.2. The van der Waals surface area contributed by atoms with Crippen LogP contribution in [0.25, 0.3) is 0 Å². The Morgan fingerprint density at radius 3 is 2.38 bits per heavy atom. The van der Waals surface area contributed by atoms with Gasteiger partial charge in [-0.2, -0.15) is 0 Å². The molecule has 0 aliphatic carbocycles. The third kappa shape index (κ3) is 5.25. The third-order valence-corrected chi connectivity index (χ3v) is 6.98. The minimum absolute atomic E-state index is 0. The van der Waals surface area contributed by atoms with Gasteiger partial charge in [0.1, 0.15) is 0 Å². The summed E-state index contributed by atoms with van der Waals surface area (Å²) in [5, 5.41) is 3.11. The van der Waals surface area contributed by atoms with Crippen LogP contribution >= 0.6 is 0 Å². The second-order valence-electron chi connectivity index (χ2n) is 9.59. The highest BCUT2D eigenvalue weighted by Crippen LogP contribution is 2.25. The fourth-order valence-corrected chi connectivity index (χ4v) is 4.87. The average molecular weight is 440 g/mol. The van der Waals surface area contributed by atoms with E-state index in [4.69, 9.17) is 0 Å². The van der Waals surface area contributed by atoms with E-state index in [1.165, 1.54) is 17.7 Å². The van der Waals surface area contributed by atoms with E-state index in [1.54, 1.807) is 0 Å². The number of rotatable bonds is 5. The third-order valence-electron chi connectivity index (χ3n) is 6.98. The fourth-order valence-electron chi connectivity index (χ4n) is 4.87. The SMILES string of the molecule is CC1CN(C(=O)Nc2ccc(N3CCC(N(C)C)C3)cc2)C(C)CN1Cc1ccccc1.[HH].[HH]. The van der Waals surface area contributed by atoms with Crippen LogP contribution in [0.1, 0.15) is 28.7 Å². The number of likely N-dealkylation sites (N-methyl/N-ethyl adjacent to an activating group) is 1. The van der Waals surface area contributed by atoms with Crippen molar-refractivity contribution >= 4 is 17.4 Å². The molecule has 2 heterocycles. The molecular formula is C26H41N5O. The summed E-state index contributed by atoms with van der Waals surface area (Å²) in [4.78, 5) is 22.2. The molecule has 2 aromatic carbocycles. The number of urea groups is 1. The smallest absolute Gasteiger partial charge is 0.322 e. The highest BCUT2D eigenvalue weighted by molar-refractivity contribution is 5.89. The molecule has 1 N–H and O–H groups in total. The van der Waals surface area contributed by atoms with Crippen LogP contribution in [-0.4, -0.2) is 79.1 Å². The predicted octanol–water partition coefficient (Wildman–Crippen LogP) is 4.45. The van der Waals surface area contributed by atoms with Gasteiger partial charge in [0, 0.05) is 65.1 Å². The number of hydrogen-bond donors (Lipinski definition) is 1. The number of carbonyl (C=O) groups is 1. The molecule has 2 aromatic rings. The summed E-state index contributed by atoms with van der Waals surface area (Å²) < 4.78 is 0. The topological polar surface area (TPSA) is 42.1 Å². The first-order valence-electron chi connectivity index (χ1n) is 11.8. The van der Waals surface area contributed by atoms with Crippen LogP contribution in [0.5, 0.6) is 0 Å². The number of piperazine rings is 1. The van der Waals surface area contributed by atoms with E-state index in [0.29, 0.717) is 12.1 Å². The van der Waals surface area contributed by atoms with E-state index in [9.17, 15) is 4.79 Å². The Kier molecular flexibility index (Phi) is 7.01. The van der Waals surface area contributed by atoms with Gasteiger partial charge in [-0.25, -0.2) is 4.79 Å². The maximum Gasteiger partial charge on any atom is 0.322 e. The van der Waals surface area contributed by atoms with E-state index in [0.717, 1.165) is 38.4 Å². The van der Waals surface area contributed by atoms with E-state index >= 15 is 0 Å². The number of carbonyl (C=O) groups excluding carboxylic acids is 1. The van der Waals surface area contributed by atoms with Crippen molar-refractivity contribution in [1.29, 1.82) is 0 Å². The van der Waals surface area contributed by atoms with Gasteiger partial charge < -0.3 is 20.0 Å². The highest BCUT2D eigenvalue weighted by atomic mass is 16.2. The maximum absolute atomic E-state index is 13.0. The summed E-state index contributed by atoms with van der Waals surface area (Å²) in [6.07, 6.45) is 1.19. The summed E-state index contributed by atoms with van der Waals surface area (Å²) in [5.41, 5.74) is 3.40. The van der Waals surface area contributed by atoms with Crippen molar-refractivity contribution in [3.05, 3.63) is 60.2 Å². The number of anilines is 2. The lowest BCUT2D eigenvalue weighted by atomic mass is 10.1. The molecule has 0 aromatic heterocycles. The lowest BCUT2D eigenvalue weighted by Crippen LogP contribution is -2.58. The van der Waals surface area contributed by atoms with E-state index in [2.05, 4.69) is 90.4 Å². The molecule has 0 bridgehead atoms. The van der Waals surface area contributed by atoms with Gasteiger partial charge in [0.15, 0.2) is 0 Å². The van der Waals surface area contributed by atoms with Crippen molar-refractivity contribution in [3.8, 4) is 0 Å². The number of hydrogen-bond acceptors (Lipinski definition) is 4. The Bertz CT molecular complexity index is 896. The van der Waals surface area contributed by atoms with Gasteiger partial charge in [-0.15, -0.1) is 0 Å². The van der Waals surface area contributed by atoms with Crippen LogP contribution in [0.15, 0.2) is 54.6 Å². The molecule has 2 aliphatic rings. The van der Waals surface area contributed by atoms with Gasteiger partial charge in [-0.1, -0.05) is 30.3 Å². The zero-order chi connectivity index (χ0) is 22.7. The van der Waals surface area contributed by atoms with Crippen LogP contribution in [0, 0.1) is 0 Å². The Labute approximate surface area is 195 Å². The Balaban J connectivity index is 0.00000204. The molecule has 0 spiro atoms. The lowest BCUT2D eigenvalue weighted by Gasteiger charge is -2.44. The van der Waals surface area contributed by atoms with Gasteiger partial charge in [-0.3, -0.25) is 4.90 Å². The summed E-state index contributed by atoms with van der Waals surface area (Å²) >= 11 is 0. The monoisotopic (exact) mass is 439 g/mol. The molecule has 2 fully saturated rings. The molecular weight excluding hydrogens is 398 g/mol. The molecule has 0 radical (unpaired) electrons. The van der Waals surface area contributed by atoms with Crippen molar-refractivity contribution in [2.75, 3.05) is 50.5 Å². The van der Waals surface area contributed by atoms with Crippen molar-refractivity contribution in [2.45, 2.75) is 44.9 Å². The zero-order valence-corrected chi connectivity index (χ0v) is 19.9. The Morgan fingerprint density at radius 1 is 1.00 bits per heavy atom. The minimum Gasteiger partial charge on any atom is -0.370 e. The van der Waals surface area contributed by atoms with Crippen LogP contribution in [0.4, 0.5) is 16.2 Å². The number of benzene rings is 2. The number of nitrogens with one attached hydrogen (secondary N) is 1. The molecule has 32 heavy (non-hydrogen) atoms. The lowest BCUT2D eigenvalue weighted by molar-refractivity contribution is 0.0627. The number of amides is 2. The van der Waals surface area contributed by atoms with Crippen molar-refractivity contribution in [3.63, 3.8) is 0 Å². The van der Waals surface area contributed by atoms with Gasteiger partial charge in [0.05, 0.1) is 0 Å². The second kappa shape index (κ2) is 9.92. The molecule has 3 unspecified atom stereocenters. The van der Waals surface area contributed by atoms with Crippen LogP contribution in [-0.2, 0) is 6.54 Å². The molecule has 0 saturated carbocycles. The first-order chi connectivity index (χ1) is 15.4. The minimum atomic E-state index is -0.00898. The fraction of sp³-hybridized carbons (Fsp3) is 0.500. The molecule has 176 valence electrons. The van der Waals surface area contributed by atoms with Gasteiger partial charge in [0.25, 0.3) is 0 Å². The van der Waals surface area contributed by atoms with Crippen LogP contribution < -0.4 is 10.2 Å².